The van der Waals surface area contributed by atoms with Gasteiger partial charge in [-0.05, 0) is 30.3 Å². The molecule has 3 aromatic rings. The van der Waals surface area contributed by atoms with Gasteiger partial charge in [-0.3, -0.25) is 9.36 Å². The van der Waals surface area contributed by atoms with Crippen LogP contribution >= 0.6 is 15.9 Å². The van der Waals surface area contributed by atoms with Crippen LogP contribution in [0.4, 0.5) is 4.39 Å². The van der Waals surface area contributed by atoms with Gasteiger partial charge < -0.3 is 4.74 Å². The lowest BCUT2D eigenvalue weighted by molar-refractivity contribution is -0.146. The van der Waals surface area contributed by atoms with Crippen molar-refractivity contribution in [3.8, 4) is 5.69 Å². The number of hydrogen-bond acceptors (Lipinski definition) is 4. The van der Waals surface area contributed by atoms with E-state index >= 15 is 0 Å². The average Bonchev–Trinajstić information content (AvgIpc) is 3.04. The van der Waals surface area contributed by atoms with Crippen molar-refractivity contribution in [1.82, 2.24) is 9.55 Å². The zero-order valence-electron chi connectivity index (χ0n) is 13.7. The van der Waals surface area contributed by atoms with Crippen molar-refractivity contribution in [3.63, 3.8) is 0 Å². The highest BCUT2D eigenvalue weighted by Crippen LogP contribution is 2.32. The summed E-state index contributed by atoms with van der Waals surface area (Å²) in [5.41, 5.74) is 2.21. The monoisotopic (exact) mass is 413 g/mol. The van der Waals surface area contributed by atoms with Crippen LogP contribution in [0.1, 0.15) is 30.1 Å². The largest absolute Gasteiger partial charge is 0.432 e. The molecule has 0 N–H and O–H groups in total. The topological polar surface area (TPSA) is 56.5 Å². The van der Waals surface area contributed by atoms with Gasteiger partial charge in [0.05, 0.1) is 11.4 Å². The first-order chi connectivity index (χ1) is 12.5. The summed E-state index contributed by atoms with van der Waals surface area (Å²) in [6.45, 7) is 1.31. The summed E-state index contributed by atoms with van der Waals surface area (Å²) in [4.78, 5) is 20.5. The summed E-state index contributed by atoms with van der Waals surface area (Å²) < 4.78 is 22.5. The summed E-state index contributed by atoms with van der Waals surface area (Å²) in [5, 5.41) is 0. The molecule has 5 nitrogen and oxygen atoms in total. The molecule has 0 saturated heterocycles. The van der Waals surface area contributed by atoms with Crippen molar-refractivity contribution in [3.05, 3.63) is 82.1 Å². The van der Waals surface area contributed by atoms with Crippen LogP contribution in [-0.2, 0) is 9.53 Å². The Bertz CT molecular complexity index is 1040. The zero-order chi connectivity index (χ0) is 18.3. The molecule has 1 aliphatic heterocycles. The van der Waals surface area contributed by atoms with Gasteiger partial charge in [-0.1, -0.05) is 28.1 Å². The standard InChI is InChI=1S/C19H13BrFN3O2/c1-11(25)26-19-18-22-8-9-24(18)16-7-6-12(20)10-14(16)17(23-19)13-4-2-3-5-15(13)21/h2-10,19H,1H3. The molecule has 7 heteroatoms. The van der Waals surface area contributed by atoms with Crippen molar-refractivity contribution in [2.24, 2.45) is 4.99 Å². The maximum absolute atomic E-state index is 14.5. The molecular formula is C19H13BrFN3O2. The molecule has 2 heterocycles. The van der Waals surface area contributed by atoms with Crippen LogP contribution in [-0.4, -0.2) is 21.2 Å². The number of aromatic nitrogens is 2. The van der Waals surface area contributed by atoms with Gasteiger partial charge in [0.15, 0.2) is 5.82 Å². The number of imidazole rings is 1. The molecule has 0 fully saturated rings. The lowest BCUT2D eigenvalue weighted by Crippen LogP contribution is -2.12. The Hall–Kier alpha value is -2.80. The Labute approximate surface area is 157 Å². The Kier molecular flexibility index (Phi) is 4.16. The second-order valence-electron chi connectivity index (χ2n) is 5.74. The van der Waals surface area contributed by atoms with Crippen LogP contribution in [0.3, 0.4) is 0 Å². The molecule has 1 atom stereocenters. The molecule has 1 aliphatic rings. The average molecular weight is 414 g/mol. The minimum absolute atomic E-state index is 0.328. The third-order valence-corrected chi connectivity index (χ3v) is 4.51. The fourth-order valence-corrected chi connectivity index (χ4v) is 3.32. The van der Waals surface area contributed by atoms with Crippen molar-refractivity contribution in [1.29, 1.82) is 0 Å². The number of hydrogen-bond donors (Lipinski definition) is 0. The number of fused-ring (bicyclic) bond motifs is 3. The number of rotatable bonds is 2. The first-order valence-corrected chi connectivity index (χ1v) is 8.67. The molecule has 26 heavy (non-hydrogen) atoms. The molecule has 4 rings (SSSR count). The van der Waals surface area contributed by atoms with Gasteiger partial charge >= 0.3 is 5.97 Å². The van der Waals surface area contributed by atoms with Crippen LogP contribution in [0.5, 0.6) is 0 Å². The molecule has 2 aromatic carbocycles. The Balaban J connectivity index is 2.03. The smallest absolute Gasteiger partial charge is 0.304 e. The molecule has 0 bridgehead atoms. The zero-order valence-corrected chi connectivity index (χ0v) is 15.3. The highest BCUT2D eigenvalue weighted by atomic mass is 79.9. The molecule has 1 aromatic heterocycles. The quantitative estimate of drug-likeness (QED) is 0.591. The minimum Gasteiger partial charge on any atom is -0.432 e. The van der Waals surface area contributed by atoms with E-state index < -0.39 is 18.0 Å². The summed E-state index contributed by atoms with van der Waals surface area (Å²) in [7, 11) is 0. The fourth-order valence-electron chi connectivity index (χ4n) is 2.96. The third-order valence-electron chi connectivity index (χ3n) is 4.02. The second-order valence-corrected chi connectivity index (χ2v) is 6.65. The van der Waals surface area contributed by atoms with Crippen molar-refractivity contribution in [2.75, 3.05) is 0 Å². The van der Waals surface area contributed by atoms with Gasteiger partial charge in [-0.15, -0.1) is 0 Å². The van der Waals surface area contributed by atoms with Gasteiger partial charge in [0, 0.05) is 34.9 Å². The molecule has 0 radical (unpaired) electrons. The Morgan fingerprint density at radius 3 is 2.81 bits per heavy atom. The predicted molar refractivity (Wildman–Crippen MR) is 97.8 cm³/mol. The van der Waals surface area contributed by atoms with E-state index in [9.17, 15) is 9.18 Å². The highest BCUT2D eigenvalue weighted by Gasteiger charge is 2.28. The second kappa shape index (κ2) is 6.49. The van der Waals surface area contributed by atoms with Crippen molar-refractivity contribution < 1.29 is 13.9 Å². The highest BCUT2D eigenvalue weighted by molar-refractivity contribution is 9.10. The molecule has 130 valence electrons. The summed E-state index contributed by atoms with van der Waals surface area (Å²) in [6.07, 6.45) is 2.41. The van der Waals surface area contributed by atoms with E-state index in [1.807, 2.05) is 18.2 Å². The van der Waals surface area contributed by atoms with E-state index in [4.69, 9.17) is 4.74 Å². The number of benzene rings is 2. The van der Waals surface area contributed by atoms with E-state index in [-0.39, 0.29) is 0 Å². The minimum atomic E-state index is -0.969. The van der Waals surface area contributed by atoms with Crippen LogP contribution in [0.2, 0.25) is 0 Å². The molecule has 0 aliphatic carbocycles. The SMILES string of the molecule is CC(=O)OC1N=C(c2ccccc2F)c2cc(Br)ccc2-n2ccnc21. The van der Waals surface area contributed by atoms with Crippen LogP contribution in [0.25, 0.3) is 5.69 Å². The number of carbonyl (C=O) groups excluding carboxylic acids is 1. The maximum Gasteiger partial charge on any atom is 0.304 e. The van der Waals surface area contributed by atoms with Gasteiger partial charge in [0.2, 0.25) is 0 Å². The van der Waals surface area contributed by atoms with Gasteiger partial charge in [-0.2, -0.15) is 0 Å². The lowest BCUT2D eigenvalue weighted by Gasteiger charge is -2.12. The van der Waals surface area contributed by atoms with Crippen LogP contribution in [0.15, 0.2) is 64.3 Å². The normalized spacial score (nSPS) is 15.5. The van der Waals surface area contributed by atoms with E-state index in [1.54, 1.807) is 35.2 Å². The number of halogens is 2. The van der Waals surface area contributed by atoms with Crippen LogP contribution < -0.4 is 0 Å². The third kappa shape index (κ3) is 2.84. The fraction of sp³-hybridized carbons (Fsp3) is 0.105. The predicted octanol–water partition coefficient (Wildman–Crippen LogP) is 4.19. The summed E-state index contributed by atoms with van der Waals surface area (Å²) in [5.74, 6) is -0.443. The first kappa shape index (κ1) is 16.7. The molecule has 0 amide bonds. The molecule has 1 unspecified atom stereocenters. The Morgan fingerprint density at radius 1 is 1.23 bits per heavy atom. The van der Waals surface area contributed by atoms with Crippen LogP contribution in [0, 0.1) is 5.82 Å². The van der Waals surface area contributed by atoms with Gasteiger partial charge in [0.25, 0.3) is 6.23 Å². The maximum atomic E-state index is 14.5. The summed E-state index contributed by atoms with van der Waals surface area (Å²) >= 11 is 3.46. The van der Waals surface area contributed by atoms with E-state index in [0.717, 1.165) is 10.2 Å². The van der Waals surface area contributed by atoms with E-state index in [2.05, 4.69) is 25.9 Å². The molecular weight excluding hydrogens is 401 g/mol. The lowest BCUT2D eigenvalue weighted by atomic mass is 10.00. The summed E-state index contributed by atoms with van der Waals surface area (Å²) in [6, 6.07) is 12.0. The first-order valence-electron chi connectivity index (χ1n) is 7.88. The number of ether oxygens (including phenoxy) is 1. The molecule has 0 spiro atoms. The van der Waals surface area contributed by atoms with E-state index in [1.165, 1.54) is 13.0 Å². The number of esters is 1. The van der Waals surface area contributed by atoms with Gasteiger partial charge in [-0.25, -0.2) is 14.4 Å². The molecule has 0 saturated carbocycles. The van der Waals surface area contributed by atoms with E-state index in [0.29, 0.717) is 22.7 Å². The van der Waals surface area contributed by atoms with Crippen molar-refractivity contribution in [2.45, 2.75) is 13.2 Å². The number of carbonyl (C=O) groups is 1. The number of aliphatic imine (C=N–C) groups is 1. The van der Waals surface area contributed by atoms with Crippen molar-refractivity contribution >= 4 is 27.6 Å². The number of nitrogens with zero attached hydrogens (tertiary/aromatic N) is 3. The Morgan fingerprint density at radius 2 is 2.04 bits per heavy atom. The van der Waals surface area contributed by atoms with Gasteiger partial charge in [0.1, 0.15) is 5.82 Å².